The number of aromatic nitrogens is 2. The molecule has 2 amide bonds. The molecule has 9 nitrogen and oxygen atoms in total. The molecule has 2 aromatic carbocycles. The molecule has 162 valence electrons. The molecular formula is C21H23N4O5S+. The molecule has 0 aliphatic rings. The van der Waals surface area contributed by atoms with E-state index in [1.165, 1.54) is 11.6 Å². The zero-order valence-corrected chi connectivity index (χ0v) is 18.1. The van der Waals surface area contributed by atoms with Crippen molar-refractivity contribution < 1.29 is 23.5 Å². The molecule has 0 saturated heterocycles. The van der Waals surface area contributed by atoms with Crippen LogP contribution in [-0.4, -0.2) is 29.4 Å². The fraction of sp³-hybridized carbons (Fsp3) is 0.238. The Bertz CT molecular complexity index is 1110. The number of ether oxygens (including phenoxy) is 1. The van der Waals surface area contributed by atoms with Crippen molar-refractivity contribution in [3.8, 4) is 11.4 Å². The van der Waals surface area contributed by atoms with E-state index in [4.69, 9.17) is 9.26 Å². The summed E-state index contributed by atoms with van der Waals surface area (Å²) in [6, 6.07) is 13.9. The number of nitrogens with one attached hydrogen (secondary N) is 3. The number of nitrogens with zero attached hydrogens (tertiary/aromatic N) is 1. The number of methoxy groups -OCH3 is 1. The number of rotatable bonds is 8. The summed E-state index contributed by atoms with van der Waals surface area (Å²) in [5.74, 6) is 0.260. The third-order valence-corrected chi connectivity index (χ3v) is 5.73. The second kappa shape index (κ2) is 9.98. The maximum Gasteiger partial charge on any atom is 0.442 e. The first-order valence-corrected chi connectivity index (χ1v) is 10.4. The Labute approximate surface area is 182 Å². The van der Waals surface area contributed by atoms with Crippen LogP contribution in [0.5, 0.6) is 5.75 Å². The van der Waals surface area contributed by atoms with Crippen LogP contribution in [0.25, 0.3) is 5.69 Å². The first-order valence-electron chi connectivity index (χ1n) is 9.54. The molecule has 0 aliphatic carbocycles. The number of benzene rings is 2. The number of amides is 2. The molecule has 1 heterocycles. The normalized spacial score (nSPS) is 11.6. The Morgan fingerprint density at radius 2 is 1.71 bits per heavy atom. The molecule has 0 radical (unpaired) electrons. The van der Waals surface area contributed by atoms with Crippen LogP contribution >= 0.6 is 11.8 Å². The minimum atomic E-state index is -0.563. The van der Waals surface area contributed by atoms with Gasteiger partial charge in [-0.05, 0) is 64.5 Å². The van der Waals surface area contributed by atoms with Crippen LogP contribution in [0, 0.1) is 0 Å². The third kappa shape index (κ3) is 5.54. The predicted octanol–water partition coefficient (Wildman–Crippen LogP) is 2.72. The van der Waals surface area contributed by atoms with Gasteiger partial charge in [0.1, 0.15) is 5.75 Å². The van der Waals surface area contributed by atoms with E-state index < -0.39 is 10.9 Å². The lowest BCUT2D eigenvalue weighted by Gasteiger charge is -2.12. The minimum absolute atomic E-state index is 0.172. The Kier molecular flexibility index (Phi) is 7.14. The van der Waals surface area contributed by atoms with E-state index in [0.717, 1.165) is 11.8 Å². The van der Waals surface area contributed by atoms with Gasteiger partial charge in [0.25, 0.3) is 0 Å². The van der Waals surface area contributed by atoms with Crippen LogP contribution < -0.4 is 25.7 Å². The van der Waals surface area contributed by atoms with Gasteiger partial charge in [-0.2, -0.15) is 0 Å². The third-order valence-electron chi connectivity index (χ3n) is 4.33. The van der Waals surface area contributed by atoms with E-state index in [1.54, 1.807) is 55.6 Å². The highest BCUT2D eigenvalue weighted by molar-refractivity contribution is 8.00. The first-order chi connectivity index (χ1) is 14.9. The van der Waals surface area contributed by atoms with Gasteiger partial charge in [0.2, 0.25) is 17.5 Å². The standard InChI is InChI=1S/C21H22N4O5S/c1-4-18(19(27)23-15-7-5-14(6-8-15)22-13(2)26)31-20-21(28)30-24-25(20)16-9-11-17(29-3)12-10-16/h5-12,18,24,28H,4H2,1-3H3/p+1. The number of hydrogen-bond donors (Lipinski definition) is 3. The zero-order chi connectivity index (χ0) is 22.4. The highest BCUT2D eigenvalue weighted by Gasteiger charge is 2.30. The fourth-order valence-corrected chi connectivity index (χ4v) is 3.77. The van der Waals surface area contributed by atoms with E-state index in [0.29, 0.717) is 29.2 Å². The summed E-state index contributed by atoms with van der Waals surface area (Å²) < 4.78 is 11.6. The van der Waals surface area contributed by atoms with Crippen molar-refractivity contribution in [3.63, 3.8) is 0 Å². The second-order valence-electron chi connectivity index (χ2n) is 6.58. The summed E-state index contributed by atoms with van der Waals surface area (Å²) in [5.41, 5.74) is 1.32. The molecule has 0 aliphatic heterocycles. The SMILES string of the molecule is CCC(Sc1c(=O)o[nH][n+]1-c1ccc(OC)cc1)C(=O)Nc1ccc(NC(C)=O)cc1. The lowest BCUT2D eigenvalue weighted by atomic mass is 10.2. The topological polar surface area (TPSA) is 117 Å². The number of thioether (sulfide) groups is 1. The van der Waals surface area contributed by atoms with Crippen molar-refractivity contribution in [2.24, 2.45) is 0 Å². The summed E-state index contributed by atoms with van der Waals surface area (Å²) in [5, 5.41) is 7.80. The molecule has 3 aromatic rings. The van der Waals surface area contributed by atoms with Gasteiger partial charge in [0.15, 0.2) is 0 Å². The quantitative estimate of drug-likeness (QED) is 0.364. The van der Waals surface area contributed by atoms with Crippen LogP contribution in [0.15, 0.2) is 62.9 Å². The van der Waals surface area contributed by atoms with E-state index in [-0.39, 0.29) is 16.8 Å². The van der Waals surface area contributed by atoms with Crippen molar-refractivity contribution in [1.82, 2.24) is 5.27 Å². The molecule has 31 heavy (non-hydrogen) atoms. The van der Waals surface area contributed by atoms with E-state index in [9.17, 15) is 14.4 Å². The minimum Gasteiger partial charge on any atom is -0.497 e. The highest BCUT2D eigenvalue weighted by Crippen LogP contribution is 2.23. The van der Waals surface area contributed by atoms with Gasteiger partial charge in [-0.1, -0.05) is 6.92 Å². The molecule has 0 spiro atoms. The number of anilines is 2. The molecule has 0 bridgehead atoms. The molecule has 3 rings (SSSR count). The van der Waals surface area contributed by atoms with Crippen LogP contribution in [0.1, 0.15) is 20.3 Å². The molecule has 10 heteroatoms. The number of hydrogen-bond acceptors (Lipinski definition) is 6. The van der Waals surface area contributed by atoms with Gasteiger partial charge in [0, 0.05) is 30.4 Å². The number of carbonyl (C=O) groups excluding carboxylic acids is 2. The molecule has 0 saturated carbocycles. The number of H-pyrrole nitrogens is 1. The second-order valence-corrected chi connectivity index (χ2v) is 7.77. The van der Waals surface area contributed by atoms with Crippen molar-refractivity contribution in [3.05, 3.63) is 59.0 Å². The van der Waals surface area contributed by atoms with Crippen LogP contribution in [-0.2, 0) is 9.59 Å². The molecular weight excluding hydrogens is 420 g/mol. The van der Waals surface area contributed by atoms with Crippen LogP contribution in [0.4, 0.5) is 11.4 Å². The highest BCUT2D eigenvalue weighted by atomic mass is 32.2. The molecule has 1 unspecified atom stereocenters. The predicted molar refractivity (Wildman–Crippen MR) is 117 cm³/mol. The molecule has 0 fully saturated rings. The van der Waals surface area contributed by atoms with E-state index in [2.05, 4.69) is 15.9 Å². The maximum atomic E-state index is 12.8. The average Bonchev–Trinajstić information content (AvgIpc) is 3.13. The van der Waals surface area contributed by atoms with E-state index in [1.807, 2.05) is 6.92 Å². The summed E-state index contributed by atoms with van der Waals surface area (Å²) in [4.78, 5) is 36.2. The number of carbonyl (C=O) groups is 2. The smallest absolute Gasteiger partial charge is 0.442 e. The Hall–Kier alpha value is -3.53. The van der Waals surface area contributed by atoms with Crippen molar-refractivity contribution >= 4 is 35.0 Å². The Morgan fingerprint density at radius 3 is 2.26 bits per heavy atom. The summed E-state index contributed by atoms with van der Waals surface area (Å²) in [6.45, 7) is 3.29. The summed E-state index contributed by atoms with van der Waals surface area (Å²) in [6.07, 6.45) is 0.494. The lowest BCUT2D eigenvalue weighted by molar-refractivity contribution is -0.704. The van der Waals surface area contributed by atoms with Crippen molar-refractivity contribution in [1.29, 1.82) is 0 Å². The van der Waals surface area contributed by atoms with Crippen molar-refractivity contribution in [2.75, 3.05) is 17.7 Å². The van der Waals surface area contributed by atoms with Crippen molar-refractivity contribution in [2.45, 2.75) is 30.5 Å². The van der Waals surface area contributed by atoms with Gasteiger partial charge >= 0.3 is 10.7 Å². The van der Waals surface area contributed by atoms with Crippen LogP contribution in [0.3, 0.4) is 0 Å². The summed E-state index contributed by atoms with van der Waals surface area (Å²) >= 11 is 1.12. The first kappa shape index (κ1) is 22.2. The fourth-order valence-electron chi connectivity index (χ4n) is 2.79. The molecule has 3 N–H and O–H groups in total. The zero-order valence-electron chi connectivity index (χ0n) is 17.3. The largest absolute Gasteiger partial charge is 0.497 e. The molecule has 1 atom stereocenters. The van der Waals surface area contributed by atoms with Gasteiger partial charge < -0.3 is 15.4 Å². The summed E-state index contributed by atoms with van der Waals surface area (Å²) in [7, 11) is 1.57. The van der Waals surface area contributed by atoms with Gasteiger partial charge in [-0.15, -0.1) is 0 Å². The van der Waals surface area contributed by atoms with Gasteiger partial charge in [-0.3, -0.25) is 14.1 Å². The average molecular weight is 444 g/mol. The van der Waals surface area contributed by atoms with Gasteiger partial charge in [-0.25, -0.2) is 4.79 Å². The molecule has 1 aromatic heterocycles. The van der Waals surface area contributed by atoms with Gasteiger partial charge in [0.05, 0.1) is 12.4 Å². The number of aromatic amines is 1. The maximum absolute atomic E-state index is 12.8. The van der Waals surface area contributed by atoms with Crippen LogP contribution in [0.2, 0.25) is 0 Å². The van der Waals surface area contributed by atoms with E-state index >= 15 is 0 Å². The Morgan fingerprint density at radius 1 is 1.10 bits per heavy atom. The monoisotopic (exact) mass is 443 g/mol. The Balaban J connectivity index is 1.74. The lowest BCUT2D eigenvalue weighted by Crippen LogP contribution is -2.37.